The molecule has 0 saturated carbocycles. The Morgan fingerprint density at radius 1 is 1.12 bits per heavy atom. The number of anilines is 3. The van der Waals surface area contributed by atoms with E-state index in [0.29, 0.717) is 5.82 Å². The molecule has 1 N–H and O–H groups in total. The van der Waals surface area contributed by atoms with Gasteiger partial charge in [0.25, 0.3) is 0 Å². The molecule has 0 radical (unpaired) electrons. The van der Waals surface area contributed by atoms with Gasteiger partial charge in [-0.15, -0.1) is 0 Å². The third-order valence-corrected chi connectivity index (χ3v) is 3.65. The van der Waals surface area contributed by atoms with Crippen molar-refractivity contribution in [2.75, 3.05) is 24.3 Å². The first-order valence-electron chi connectivity index (χ1n) is 7.61. The second-order valence-corrected chi connectivity index (χ2v) is 5.62. The Morgan fingerprint density at radius 3 is 2.46 bits per heavy atom. The first-order valence-corrected chi connectivity index (χ1v) is 7.61. The second-order valence-electron chi connectivity index (χ2n) is 5.62. The second kappa shape index (κ2) is 6.54. The highest BCUT2D eigenvalue weighted by atomic mass is 16.2. The van der Waals surface area contributed by atoms with Gasteiger partial charge in [0.2, 0.25) is 5.91 Å². The average Bonchev–Trinajstić information content (AvgIpc) is 2.99. The van der Waals surface area contributed by atoms with Gasteiger partial charge in [-0.1, -0.05) is 18.2 Å². The molecular formula is C18H19N5O. The predicted molar refractivity (Wildman–Crippen MR) is 95.8 cm³/mol. The highest BCUT2D eigenvalue weighted by Gasteiger charge is 2.16. The smallest absolute Gasteiger partial charge is 0.244 e. The van der Waals surface area contributed by atoms with E-state index >= 15 is 0 Å². The van der Waals surface area contributed by atoms with Gasteiger partial charge < -0.3 is 10.2 Å². The maximum Gasteiger partial charge on any atom is 0.244 e. The van der Waals surface area contributed by atoms with Crippen molar-refractivity contribution in [1.82, 2.24) is 14.8 Å². The van der Waals surface area contributed by atoms with E-state index in [1.54, 1.807) is 12.4 Å². The van der Waals surface area contributed by atoms with Gasteiger partial charge in [-0.25, -0.2) is 4.98 Å². The maximum absolute atomic E-state index is 11.9. The van der Waals surface area contributed by atoms with Gasteiger partial charge in [0.1, 0.15) is 11.5 Å². The Bertz CT molecular complexity index is 838. The van der Waals surface area contributed by atoms with Crippen molar-refractivity contribution in [2.45, 2.75) is 6.92 Å². The number of hydrogen-bond acceptors (Lipinski definition) is 5. The van der Waals surface area contributed by atoms with Gasteiger partial charge in [-0.2, -0.15) is 9.78 Å². The lowest BCUT2D eigenvalue weighted by Crippen LogP contribution is -2.10. The van der Waals surface area contributed by atoms with E-state index in [2.05, 4.69) is 15.4 Å². The Balaban J connectivity index is 2.04. The van der Waals surface area contributed by atoms with Crippen LogP contribution in [-0.4, -0.2) is 34.8 Å². The fourth-order valence-corrected chi connectivity index (χ4v) is 2.45. The van der Waals surface area contributed by atoms with E-state index in [9.17, 15) is 4.79 Å². The lowest BCUT2D eigenvalue weighted by atomic mass is 10.1. The monoisotopic (exact) mass is 321 g/mol. The summed E-state index contributed by atoms with van der Waals surface area (Å²) in [5.74, 6) is 0.558. The summed E-state index contributed by atoms with van der Waals surface area (Å²) < 4.78 is 1.40. The number of carbonyl (C=O) groups excluding carboxylic acids is 1. The number of carbonyl (C=O) groups is 1. The van der Waals surface area contributed by atoms with Crippen LogP contribution in [0.15, 0.2) is 54.9 Å². The number of nitrogens with one attached hydrogen (secondary N) is 1. The number of nitrogens with zero attached hydrogens (tertiary/aromatic N) is 4. The number of benzene rings is 1. The molecule has 3 rings (SSSR count). The predicted octanol–water partition coefficient (Wildman–Crippen LogP) is 3.41. The lowest BCUT2D eigenvalue weighted by Gasteiger charge is -2.14. The number of hydrogen-bond donors (Lipinski definition) is 1. The van der Waals surface area contributed by atoms with Gasteiger partial charge in [0.05, 0.1) is 11.9 Å². The Kier molecular flexibility index (Phi) is 4.29. The van der Waals surface area contributed by atoms with Crippen LogP contribution in [0.2, 0.25) is 0 Å². The topological polar surface area (TPSA) is 63.1 Å². The van der Waals surface area contributed by atoms with Crippen LogP contribution in [-0.2, 0) is 0 Å². The van der Waals surface area contributed by atoms with Crippen molar-refractivity contribution in [3.8, 4) is 11.3 Å². The minimum atomic E-state index is -0.143. The van der Waals surface area contributed by atoms with E-state index in [-0.39, 0.29) is 5.91 Å². The molecule has 6 heteroatoms. The van der Waals surface area contributed by atoms with Crippen molar-refractivity contribution >= 4 is 23.1 Å². The zero-order valence-electron chi connectivity index (χ0n) is 13.9. The summed E-state index contributed by atoms with van der Waals surface area (Å²) in [7, 11) is 3.98. The molecule has 0 aliphatic rings. The molecule has 0 unspecified atom stereocenters. The van der Waals surface area contributed by atoms with Crippen molar-refractivity contribution in [3.63, 3.8) is 0 Å². The van der Waals surface area contributed by atoms with Crippen molar-refractivity contribution in [3.05, 3.63) is 54.9 Å². The highest BCUT2D eigenvalue weighted by Crippen LogP contribution is 2.31. The molecule has 3 aromatic rings. The molecule has 0 amide bonds. The quantitative estimate of drug-likeness (QED) is 0.798. The van der Waals surface area contributed by atoms with Crippen LogP contribution in [0.4, 0.5) is 17.2 Å². The largest absolute Gasteiger partial charge is 0.378 e. The van der Waals surface area contributed by atoms with Crippen LogP contribution in [0.25, 0.3) is 11.3 Å². The summed E-state index contributed by atoms with van der Waals surface area (Å²) >= 11 is 0. The van der Waals surface area contributed by atoms with Gasteiger partial charge >= 0.3 is 0 Å². The van der Waals surface area contributed by atoms with E-state index in [4.69, 9.17) is 0 Å². The fourth-order valence-electron chi connectivity index (χ4n) is 2.45. The third-order valence-electron chi connectivity index (χ3n) is 3.65. The standard InChI is InChI=1S/C18H19N5O/c1-13(24)23-18(14-7-9-15(10-8-14)22(2)3)16(12-20-23)21-17-6-4-5-11-19-17/h4-12H,1-3H3,(H,19,21). The molecule has 122 valence electrons. The summed E-state index contributed by atoms with van der Waals surface area (Å²) in [6, 6.07) is 13.6. The van der Waals surface area contributed by atoms with Crippen molar-refractivity contribution in [2.24, 2.45) is 0 Å². The van der Waals surface area contributed by atoms with Gasteiger partial charge in [-0.05, 0) is 24.3 Å². The molecule has 0 spiro atoms. The average molecular weight is 321 g/mol. The molecule has 6 nitrogen and oxygen atoms in total. The van der Waals surface area contributed by atoms with Crippen LogP contribution in [0, 0.1) is 0 Å². The lowest BCUT2D eigenvalue weighted by molar-refractivity contribution is 0.0923. The van der Waals surface area contributed by atoms with E-state index in [1.165, 1.54) is 11.6 Å². The third kappa shape index (κ3) is 3.12. The SMILES string of the molecule is CC(=O)n1ncc(Nc2ccccn2)c1-c1ccc(N(C)C)cc1. The molecule has 24 heavy (non-hydrogen) atoms. The van der Waals surface area contributed by atoms with E-state index in [1.807, 2.05) is 61.5 Å². The fraction of sp³-hybridized carbons (Fsp3) is 0.167. The van der Waals surface area contributed by atoms with E-state index in [0.717, 1.165) is 22.6 Å². The summed E-state index contributed by atoms with van der Waals surface area (Å²) in [5, 5.41) is 7.44. The molecule has 0 bridgehead atoms. The first kappa shape index (κ1) is 15.7. The van der Waals surface area contributed by atoms with Crippen molar-refractivity contribution < 1.29 is 4.79 Å². The minimum absolute atomic E-state index is 0.143. The van der Waals surface area contributed by atoms with Gasteiger partial charge in [0.15, 0.2) is 0 Å². The number of pyridine rings is 1. The highest BCUT2D eigenvalue weighted by molar-refractivity contribution is 5.87. The summed E-state index contributed by atoms with van der Waals surface area (Å²) in [6.45, 7) is 1.50. The molecular weight excluding hydrogens is 302 g/mol. The maximum atomic E-state index is 11.9. The van der Waals surface area contributed by atoms with Gasteiger partial charge in [-0.3, -0.25) is 4.79 Å². The normalized spacial score (nSPS) is 10.5. The number of rotatable bonds is 4. The molecule has 0 atom stereocenters. The molecule has 0 saturated heterocycles. The Hall–Kier alpha value is -3.15. The van der Waals surface area contributed by atoms with Crippen LogP contribution in [0.3, 0.4) is 0 Å². The summed E-state index contributed by atoms with van der Waals surface area (Å²) in [6.07, 6.45) is 3.36. The molecule has 0 fully saturated rings. The molecule has 1 aromatic carbocycles. The zero-order valence-corrected chi connectivity index (χ0v) is 13.9. The van der Waals surface area contributed by atoms with Crippen LogP contribution < -0.4 is 10.2 Å². The zero-order chi connectivity index (χ0) is 17.1. The van der Waals surface area contributed by atoms with Crippen LogP contribution in [0.1, 0.15) is 11.7 Å². The Labute approximate surface area is 140 Å². The molecule has 2 heterocycles. The number of aromatic nitrogens is 3. The molecule has 0 aliphatic heterocycles. The van der Waals surface area contributed by atoms with Crippen LogP contribution >= 0.6 is 0 Å². The Morgan fingerprint density at radius 2 is 1.88 bits per heavy atom. The minimum Gasteiger partial charge on any atom is -0.378 e. The van der Waals surface area contributed by atoms with Crippen LogP contribution in [0.5, 0.6) is 0 Å². The summed E-state index contributed by atoms with van der Waals surface area (Å²) in [5.41, 5.74) is 3.46. The van der Waals surface area contributed by atoms with Crippen molar-refractivity contribution in [1.29, 1.82) is 0 Å². The first-order chi connectivity index (χ1) is 11.6. The molecule has 0 aliphatic carbocycles. The summed E-state index contributed by atoms with van der Waals surface area (Å²) in [4.78, 5) is 18.2. The molecule has 2 aromatic heterocycles. The van der Waals surface area contributed by atoms with E-state index < -0.39 is 0 Å². The van der Waals surface area contributed by atoms with Gasteiger partial charge in [0, 0.05) is 38.5 Å².